The molecular formula is C22H33N3O2S. The number of aryl methyl sites for hydroxylation is 2. The van der Waals surface area contributed by atoms with Gasteiger partial charge in [0.2, 0.25) is 0 Å². The van der Waals surface area contributed by atoms with Crippen LogP contribution in [0.3, 0.4) is 0 Å². The van der Waals surface area contributed by atoms with E-state index in [1.807, 2.05) is 0 Å². The third-order valence-corrected chi connectivity index (χ3v) is 6.78. The summed E-state index contributed by atoms with van der Waals surface area (Å²) in [7, 11) is 1.75. The van der Waals surface area contributed by atoms with E-state index in [2.05, 4.69) is 58.7 Å². The highest BCUT2D eigenvalue weighted by Gasteiger charge is 2.24. The van der Waals surface area contributed by atoms with Gasteiger partial charge in [-0.15, -0.1) is 11.3 Å². The molecule has 1 atom stereocenters. The summed E-state index contributed by atoms with van der Waals surface area (Å²) in [4.78, 5) is 19.1. The van der Waals surface area contributed by atoms with Crippen LogP contribution in [0.15, 0.2) is 23.6 Å². The fraction of sp³-hybridized carbons (Fsp3) is 0.591. The second kappa shape index (κ2) is 9.83. The molecule has 3 rings (SSSR count). The van der Waals surface area contributed by atoms with Crippen LogP contribution in [0.1, 0.15) is 33.5 Å². The molecule has 0 amide bonds. The van der Waals surface area contributed by atoms with Gasteiger partial charge in [-0.2, -0.15) is 0 Å². The van der Waals surface area contributed by atoms with Gasteiger partial charge in [0.15, 0.2) is 5.78 Å². The maximum Gasteiger partial charge on any atom is 0.178 e. The summed E-state index contributed by atoms with van der Waals surface area (Å²) in [5.74, 6) is 0.244. The third kappa shape index (κ3) is 5.11. The first kappa shape index (κ1) is 21.2. The van der Waals surface area contributed by atoms with Crippen LogP contribution in [0.25, 0.3) is 0 Å². The molecule has 0 unspecified atom stereocenters. The fourth-order valence-corrected chi connectivity index (χ4v) is 4.80. The van der Waals surface area contributed by atoms with E-state index in [-0.39, 0.29) is 5.78 Å². The Morgan fingerprint density at radius 3 is 2.64 bits per heavy atom. The number of rotatable bonds is 9. The van der Waals surface area contributed by atoms with Gasteiger partial charge < -0.3 is 9.30 Å². The van der Waals surface area contributed by atoms with Gasteiger partial charge in [-0.25, -0.2) is 0 Å². The minimum Gasteiger partial charge on any atom is -0.383 e. The van der Waals surface area contributed by atoms with Crippen molar-refractivity contribution in [2.45, 2.75) is 39.8 Å². The number of hydrogen-bond acceptors (Lipinski definition) is 5. The van der Waals surface area contributed by atoms with Gasteiger partial charge in [0, 0.05) is 67.7 Å². The molecule has 1 aliphatic rings. The Labute approximate surface area is 172 Å². The van der Waals surface area contributed by atoms with E-state index < -0.39 is 0 Å². The zero-order valence-electron chi connectivity index (χ0n) is 17.6. The molecule has 0 aromatic carbocycles. The quantitative estimate of drug-likeness (QED) is 0.603. The third-order valence-electron chi connectivity index (χ3n) is 5.84. The van der Waals surface area contributed by atoms with Crippen LogP contribution in [0.5, 0.6) is 0 Å². The van der Waals surface area contributed by atoms with E-state index in [0.29, 0.717) is 12.6 Å². The van der Waals surface area contributed by atoms with Gasteiger partial charge in [-0.3, -0.25) is 14.6 Å². The average molecular weight is 404 g/mol. The van der Waals surface area contributed by atoms with Crippen molar-refractivity contribution in [2.75, 3.05) is 46.4 Å². The predicted molar refractivity (Wildman–Crippen MR) is 116 cm³/mol. The number of Topliss-reactive ketones (excluding diaryl/α,β-unsaturated/α-hetero) is 1. The molecule has 0 radical (unpaired) electrons. The number of methoxy groups -OCH3 is 1. The first-order chi connectivity index (χ1) is 13.5. The van der Waals surface area contributed by atoms with Crippen LogP contribution >= 0.6 is 11.3 Å². The maximum atomic E-state index is 13.0. The van der Waals surface area contributed by atoms with E-state index in [9.17, 15) is 4.79 Å². The Morgan fingerprint density at radius 2 is 2.00 bits per heavy atom. The molecule has 5 nitrogen and oxygen atoms in total. The van der Waals surface area contributed by atoms with Crippen molar-refractivity contribution in [1.29, 1.82) is 0 Å². The molecule has 28 heavy (non-hydrogen) atoms. The van der Waals surface area contributed by atoms with Crippen LogP contribution in [-0.2, 0) is 17.7 Å². The van der Waals surface area contributed by atoms with Crippen molar-refractivity contribution in [2.24, 2.45) is 0 Å². The van der Waals surface area contributed by atoms with Crippen molar-refractivity contribution in [3.63, 3.8) is 0 Å². The minimum absolute atomic E-state index is 0.244. The number of hydrogen-bond donors (Lipinski definition) is 0. The Morgan fingerprint density at radius 1 is 1.25 bits per heavy atom. The Balaban J connectivity index is 1.55. The Bertz CT molecular complexity index is 761. The maximum absolute atomic E-state index is 13.0. The van der Waals surface area contributed by atoms with Crippen molar-refractivity contribution >= 4 is 17.1 Å². The lowest BCUT2D eigenvalue weighted by molar-refractivity contribution is 0.0545. The molecule has 6 heteroatoms. The first-order valence-electron chi connectivity index (χ1n) is 10.2. The Hall–Kier alpha value is -1.47. The number of thiophene rings is 1. The minimum atomic E-state index is 0.244. The number of nitrogens with zero attached hydrogens (tertiary/aromatic N) is 3. The van der Waals surface area contributed by atoms with Crippen LogP contribution < -0.4 is 0 Å². The van der Waals surface area contributed by atoms with E-state index in [1.54, 1.807) is 18.4 Å². The van der Waals surface area contributed by atoms with Crippen molar-refractivity contribution in [3.05, 3.63) is 45.4 Å². The number of carbonyl (C=O) groups excluding carboxylic acids is 1. The highest BCUT2D eigenvalue weighted by molar-refractivity contribution is 7.09. The van der Waals surface area contributed by atoms with Crippen molar-refractivity contribution < 1.29 is 9.53 Å². The molecule has 0 spiro atoms. The second-order valence-corrected chi connectivity index (χ2v) is 8.84. The van der Waals surface area contributed by atoms with Gasteiger partial charge in [-0.1, -0.05) is 6.07 Å². The van der Waals surface area contributed by atoms with Gasteiger partial charge >= 0.3 is 0 Å². The molecule has 1 fully saturated rings. The normalized spacial score (nSPS) is 17.1. The topological polar surface area (TPSA) is 37.7 Å². The molecule has 154 valence electrons. The zero-order valence-corrected chi connectivity index (χ0v) is 18.4. The fourth-order valence-electron chi connectivity index (χ4n) is 4.10. The summed E-state index contributed by atoms with van der Waals surface area (Å²) in [6, 6.07) is 6.78. The molecule has 0 saturated carbocycles. The van der Waals surface area contributed by atoms with E-state index in [4.69, 9.17) is 4.74 Å². The van der Waals surface area contributed by atoms with Crippen LogP contribution in [-0.4, -0.2) is 72.6 Å². The summed E-state index contributed by atoms with van der Waals surface area (Å²) in [5.41, 5.74) is 3.17. The summed E-state index contributed by atoms with van der Waals surface area (Å²) in [5, 5.41) is 2.12. The van der Waals surface area contributed by atoms with Crippen LogP contribution in [0, 0.1) is 13.8 Å². The number of piperazine rings is 1. The molecule has 1 aliphatic heterocycles. The lowest BCUT2D eigenvalue weighted by Crippen LogP contribution is -2.51. The van der Waals surface area contributed by atoms with E-state index >= 15 is 0 Å². The number of ketones is 1. The lowest BCUT2D eigenvalue weighted by Gasteiger charge is -2.37. The molecule has 0 N–H and O–H groups in total. The van der Waals surface area contributed by atoms with Crippen LogP contribution in [0.2, 0.25) is 0 Å². The number of aromatic nitrogens is 1. The van der Waals surface area contributed by atoms with Gasteiger partial charge in [0.05, 0.1) is 13.2 Å². The largest absolute Gasteiger partial charge is 0.383 e. The predicted octanol–water partition coefficient (Wildman–Crippen LogP) is 3.24. The van der Waals surface area contributed by atoms with Crippen LogP contribution in [0.4, 0.5) is 0 Å². The molecule has 3 heterocycles. The van der Waals surface area contributed by atoms with Crippen molar-refractivity contribution in [1.82, 2.24) is 14.4 Å². The van der Waals surface area contributed by atoms with Gasteiger partial charge in [0.1, 0.15) is 0 Å². The van der Waals surface area contributed by atoms with Gasteiger partial charge in [0.25, 0.3) is 0 Å². The standard InChI is InChI=1S/C22H33N3O2S/c1-17-14-21(19(3)25(17)8-7-20-6-5-13-28-20)22(26)15-23-9-11-24(12-10-23)18(2)16-27-4/h5-6,13-14,18H,7-12,15-16H2,1-4H3/t18-/m1/s1. The SMILES string of the molecule is COC[C@@H](C)N1CCN(CC(=O)c2cc(C)n(CCc3cccs3)c2C)CC1. The molecule has 2 aromatic heterocycles. The van der Waals surface area contributed by atoms with Gasteiger partial charge in [-0.05, 0) is 44.7 Å². The second-order valence-electron chi connectivity index (χ2n) is 7.81. The molecule has 0 aliphatic carbocycles. The van der Waals surface area contributed by atoms with E-state index in [0.717, 1.165) is 57.0 Å². The summed E-state index contributed by atoms with van der Waals surface area (Å²) in [6.45, 7) is 12.5. The smallest absolute Gasteiger partial charge is 0.178 e. The monoisotopic (exact) mass is 403 g/mol. The average Bonchev–Trinajstić information content (AvgIpc) is 3.29. The summed E-state index contributed by atoms with van der Waals surface area (Å²) >= 11 is 1.80. The summed E-state index contributed by atoms with van der Waals surface area (Å²) < 4.78 is 7.55. The highest BCUT2D eigenvalue weighted by Crippen LogP contribution is 2.19. The molecule has 1 saturated heterocycles. The lowest BCUT2D eigenvalue weighted by atomic mass is 10.1. The van der Waals surface area contributed by atoms with E-state index in [1.165, 1.54) is 10.6 Å². The molecule has 2 aromatic rings. The number of ether oxygens (including phenoxy) is 1. The Kier molecular flexibility index (Phi) is 7.46. The molecular weight excluding hydrogens is 370 g/mol. The van der Waals surface area contributed by atoms with Crippen molar-refractivity contribution in [3.8, 4) is 0 Å². The highest BCUT2D eigenvalue weighted by atomic mass is 32.1. The summed E-state index contributed by atoms with van der Waals surface area (Å²) in [6.07, 6.45) is 1.02. The number of carbonyl (C=O) groups is 1. The molecule has 0 bridgehead atoms. The first-order valence-corrected chi connectivity index (χ1v) is 11.0. The zero-order chi connectivity index (χ0) is 20.1.